The quantitative estimate of drug-likeness (QED) is 0.570. The lowest BCUT2D eigenvalue weighted by Gasteiger charge is -2.24. The van der Waals surface area contributed by atoms with Gasteiger partial charge in [0, 0.05) is 18.7 Å². The zero-order chi connectivity index (χ0) is 25.3. The molecule has 0 bridgehead atoms. The number of benzene rings is 3. The van der Waals surface area contributed by atoms with Crippen LogP contribution in [0.1, 0.15) is 37.4 Å². The fraction of sp³-hybridized carbons (Fsp3) is 0.259. The Labute approximate surface area is 206 Å². The van der Waals surface area contributed by atoms with Crippen LogP contribution in [0.5, 0.6) is 0 Å². The molecule has 7 nitrogen and oxygen atoms in total. The number of carbonyl (C=O) groups excluding carboxylic acids is 2. The van der Waals surface area contributed by atoms with Gasteiger partial charge in [-0.15, -0.1) is 0 Å². The van der Waals surface area contributed by atoms with Crippen LogP contribution in [0.3, 0.4) is 0 Å². The van der Waals surface area contributed by atoms with Gasteiger partial charge in [0.15, 0.2) is 0 Å². The number of nitrogens with zero attached hydrogens (tertiary/aromatic N) is 2. The predicted octanol–water partition coefficient (Wildman–Crippen LogP) is 3.59. The van der Waals surface area contributed by atoms with Crippen LogP contribution in [0.4, 0.5) is 5.69 Å². The van der Waals surface area contributed by atoms with Crippen molar-refractivity contribution >= 4 is 27.3 Å². The first-order chi connectivity index (χ1) is 16.6. The number of anilines is 1. The zero-order valence-electron chi connectivity index (χ0n) is 20.3. The van der Waals surface area contributed by atoms with Gasteiger partial charge in [-0.1, -0.05) is 35.9 Å². The fourth-order valence-corrected chi connectivity index (χ4v) is 5.77. The van der Waals surface area contributed by atoms with Gasteiger partial charge in [0.1, 0.15) is 0 Å². The summed E-state index contributed by atoms with van der Waals surface area (Å²) < 4.78 is 27.2. The molecular formula is C27H29N3O4S. The molecule has 0 fully saturated rings. The number of carbonyl (C=O) groups is 2. The van der Waals surface area contributed by atoms with Gasteiger partial charge in [-0.3, -0.25) is 9.59 Å². The number of fused-ring (bicyclic) bond motifs is 2. The highest BCUT2D eigenvalue weighted by Crippen LogP contribution is 2.38. The molecule has 3 aromatic carbocycles. The van der Waals surface area contributed by atoms with E-state index in [-0.39, 0.29) is 33.5 Å². The molecule has 0 radical (unpaired) electrons. The van der Waals surface area contributed by atoms with Crippen molar-refractivity contribution in [3.63, 3.8) is 0 Å². The van der Waals surface area contributed by atoms with Gasteiger partial charge in [0.05, 0.1) is 27.6 Å². The molecule has 1 N–H and O–H groups in total. The summed E-state index contributed by atoms with van der Waals surface area (Å²) in [4.78, 5) is 30.0. The summed E-state index contributed by atoms with van der Waals surface area (Å²) in [7, 11) is -0.165. The number of aryl methyl sites for hydroxylation is 2. The van der Waals surface area contributed by atoms with Gasteiger partial charge in [0.25, 0.3) is 11.8 Å². The average molecular weight is 492 g/mol. The van der Waals surface area contributed by atoms with Crippen LogP contribution in [0, 0.1) is 13.8 Å². The molecule has 1 aliphatic heterocycles. The molecule has 1 aliphatic rings. The maximum Gasteiger partial charge on any atom is 0.259 e. The highest BCUT2D eigenvalue weighted by Gasteiger charge is 2.36. The number of amides is 2. The van der Waals surface area contributed by atoms with E-state index in [1.54, 1.807) is 12.1 Å². The van der Waals surface area contributed by atoms with Crippen molar-refractivity contribution in [1.82, 2.24) is 10.2 Å². The minimum absolute atomic E-state index is 0.00551. The maximum atomic E-state index is 13.8. The zero-order valence-corrected chi connectivity index (χ0v) is 21.1. The summed E-state index contributed by atoms with van der Waals surface area (Å²) in [6, 6.07) is 16.6. The van der Waals surface area contributed by atoms with Crippen LogP contribution < -0.4 is 10.2 Å². The van der Waals surface area contributed by atoms with Crippen molar-refractivity contribution in [3.8, 4) is 0 Å². The number of likely N-dealkylation sites (N-methyl/N-ethyl adjacent to an activating group) is 1. The van der Waals surface area contributed by atoms with Crippen LogP contribution in [0.15, 0.2) is 70.5 Å². The van der Waals surface area contributed by atoms with Crippen LogP contribution in [0.25, 0.3) is 0 Å². The van der Waals surface area contributed by atoms with Crippen LogP contribution in [-0.2, 0) is 16.4 Å². The van der Waals surface area contributed by atoms with Gasteiger partial charge in [-0.25, -0.2) is 8.42 Å². The van der Waals surface area contributed by atoms with E-state index in [2.05, 4.69) is 5.32 Å². The van der Waals surface area contributed by atoms with Gasteiger partial charge in [-0.2, -0.15) is 0 Å². The molecule has 0 saturated heterocycles. The van der Waals surface area contributed by atoms with Crippen molar-refractivity contribution in [2.45, 2.75) is 30.2 Å². The molecule has 0 aromatic heterocycles. The second-order valence-corrected chi connectivity index (χ2v) is 10.9. The van der Waals surface area contributed by atoms with E-state index in [9.17, 15) is 18.0 Å². The second-order valence-electron chi connectivity index (χ2n) is 9.06. The standard InChI is InChI=1S/C27H29N3O4S/c1-18-9-10-19(2)21(15-18)17-30-23-16-20(26(31)28-13-14-29(3)4)11-12-25(23)35(33,34)24-8-6-5-7-22(24)27(30)32/h5-12,15-16H,13-14,17H2,1-4H3,(H,28,31). The smallest absolute Gasteiger partial charge is 0.259 e. The van der Waals surface area contributed by atoms with Gasteiger partial charge < -0.3 is 15.1 Å². The van der Waals surface area contributed by atoms with Gasteiger partial charge in [0.2, 0.25) is 9.84 Å². The SMILES string of the molecule is Cc1ccc(C)c(CN2C(=O)c3ccccc3S(=O)(=O)c3ccc(C(=O)NCCN(C)C)cc32)c1. The molecule has 2 amide bonds. The minimum atomic E-state index is -3.99. The highest BCUT2D eigenvalue weighted by molar-refractivity contribution is 7.91. The summed E-state index contributed by atoms with van der Waals surface area (Å²) in [5.41, 5.74) is 3.54. The monoisotopic (exact) mass is 491 g/mol. The molecule has 0 spiro atoms. The van der Waals surface area contributed by atoms with Crippen molar-refractivity contribution in [3.05, 3.63) is 88.5 Å². The van der Waals surface area contributed by atoms with E-state index in [0.717, 1.165) is 16.7 Å². The van der Waals surface area contributed by atoms with E-state index >= 15 is 0 Å². The van der Waals surface area contributed by atoms with Crippen molar-refractivity contribution in [2.24, 2.45) is 0 Å². The van der Waals surface area contributed by atoms with E-state index in [4.69, 9.17) is 0 Å². The van der Waals surface area contributed by atoms with Crippen molar-refractivity contribution in [2.75, 3.05) is 32.1 Å². The topological polar surface area (TPSA) is 86.8 Å². The molecule has 182 valence electrons. The molecular weight excluding hydrogens is 462 g/mol. The molecule has 0 atom stereocenters. The summed E-state index contributed by atoms with van der Waals surface area (Å²) in [5, 5.41) is 2.85. The molecule has 3 aromatic rings. The average Bonchev–Trinajstić information content (AvgIpc) is 2.89. The fourth-order valence-electron chi connectivity index (χ4n) is 4.14. The lowest BCUT2D eigenvalue weighted by molar-refractivity contribution is 0.0947. The van der Waals surface area contributed by atoms with Crippen LogP contribution in [0.2, 0.25) is 0 Å². The van der Waals surface area contributed by atoms with E-state index in [1.807, 2.05) is 51.0 Å². The van der Waals surface area contributed by atoms with Gasteiger partial charge >= 0.3 is 0 Å². The Kier molecular flexibility index (Phi) is 6.78. The molecule has 8 heteroatoms. The third-order valence-electron chi connectivity index (χ3n) is 6.13. The molecule has 35 heavy (non-hydrogen) atoms. The first-order valence-electron chi connectivity index (χ1n) is 11.4. The minimum Gasteiger partial charge on any atom is -0.351 e. The Morgan fingerprint density at radius 1 is 0.971 bits per heavy atom. The Hall–Kier alpha value is -3.49. The number of nitrogens with one attached hydrogen (secondary N) is 1. The van der Waals surface area contributed by atoms with Crippen molar-refractivity contribution < 1.29 is 18.0 Å². The molecule has 0 aliphatic carbocycles. The normalized spacial score (nSPS) is 14.3. The maximum absolute atomic E-state index is 13.8. The summed E-state index contributed by atoms with van der Waals surface area (Å²) in [6.45, 7) is 5.21. The lowest BCUT2D eigenvalue weighted by Crippen LogP contribution is -2.32. The Morgan fingerprint density at radius 2 is 1.71 bits per heavy atom. The predicted molar refractivity (Wildman–Crippen MR) is 136 cm³/mol. The molecule has 0 saturated carbocycles. The second kappa shape index (κ2) is 9.64. The Balaban J connectivity index is 1.86. The third-order valence-corrected chi connectivity index (χ3v) is 7.99. The lowest BCUT2D eigenvalue weighted by atomic mass is 10.0. The van der Waals surface area contributed by atoms with E-state index in [0.29, 0.717) is 18.7 Å². The van der Waals surface area contributed by atoms with Crippen LogP contribution >= 0.6 is 0 Å². The van der Waals surface area contributed by atoms with E-state index in [1.165, 1.54) is 35.2 Å². The van der Waals surface area contributed by atoms with Crippen molar-refractivity contribution in [1.29, 1.82) is 0 Å². The molecule has 0 unspecified atom stereocenters. The first kappa shape index (κ1) is 24.6. The Bertz CT molecular complexity index is 1410. The number of sulfone groups is 1. The molecule has 4 rings (SSSR count). The summed E-state index contributed by atoms with van der Waals surface area (Å²) in [5.74, 6) is -0.748. The summed E-state index contributed by atoms with van der Waals surface area (Å²) in [6.07, 6.45) is 0. The summed E-state index contributed by atoms with van der Waals surface area (Å²) >= 11 is 0. The Morgan fingerprint density at radius 3 is 2.46 bits per heavy atom. The first-order valence-corrected chi connectivity index (χ1v) is 12.9. The number of hydrogen-bond acceptors (Lipinski definition) is 5. The van der Waals surface area contributed by atoms with E-state index < -0.39 is 15.7 Å². The third kappa shape index (κ3) is 4.85. The number of rotatable bonds is 6. The van der Waals surface area contributed by atoms with Gasteiger partial charge in [-0.05, 0) is 69.4 Å². The van der Waals surface area contributed by atoms with Crippen LogP contribution in [-0.4, -0.2) is 52.3 Å². The molecule has 1 heterocycles. The number of hydrogen-bond donors (Lipinski definition) is 1. The largest absolute Gasteiger partial charge is 0.351 e. The highest BCUT2D eigenvalue weighted by atomic mass is 32.2.